The van der Waals surface area contributed by atoms with Crippen LogP contribution in [0.5, 0.6) is 0 Å². The molecule has 2 aliphatic rings. The second-order valence-electron chi connectivity index (χ2n) is 12.5. The van der Waals surface area contributed by atoms with Crippen LogP contribution in [0.1, 0.15) is 131 Å². The topological polar surface area (TPSA) is 61.8 Å². The molecule has 0 bridgehead atoms. The molecule has 39 heavy (non-hydrogen) atoms. The molecule has 2 aliphatic heterocycles. The number of carbonyl (C=O) groups is 2. The van der Waals surface area contributed by atoms with Crippen LogP contribution < -0.4 is 0 Å². The molecule has 7 heteroatoms. The van der Waals surface area contributed by atoms with Crippen molar-refractivity contribution in [1.82, 2.24) is 0 Å². The van der Waals surface area contributed by atoms with E-state index in [0.29, 0.717) is 17.6 Å². The van der Waals surface area contributed by atoms with E-state index in [1.807, 2.05) is 0 Å². The Balaban J connectivity index is 2.58. The van der Waals surface area contributed by atoms with Crippen molar-refractivity contribution in [2.24, 2.45) is 0 Å². The fourth-order valence-corrected chi connectivity index (χ4v) is 49.9. The van der Waals surface area contributed by atoms with Crippen LogP contribution in [-0.4, -0.2) is 61.2 Å². The Morgan fingerprint density at radius 1 is 0.718 bits per heavy atom. The fourth-order valence-electron chi connectivity index (χ4n) is 6.62. The molecule has 2 fully saturated rings. The van der Waals surface area contributed by atoms with Crippen molar-refractivity contribution in [1.29, 1.82) is 0 Å². The first kappa shape index (κ1) is 35.5. The predicted octanol–water partition coefficient (Wildman–Crippen LogP) is 9.26. The molecule has 0 radical (unpaired) electrons. The number of rotatable bonds is 18. The van der Waals surface area contributed by atoms with Gasteiger partial charge >= 0.3 is 252 Å². The molecule has 0 aliphatic carbocycles. The molecule has 2 saturated heterocycles. The van der Waals surface area contributed by atoms with Crippen LogP contribution in [-0.2, 0) is 17.1 Å². The zero-order valence-corrected chi connectivity index (χ0v) is 31.9. The van der Waals surface area contributed by atoms with E-state index in [4.69, 9.17) is 7.56 Å². The Hall–Kier alpha value is 0.297. The van der Waals surface area contributed by atoms with Crippen LogP contribution in [0.4, 0.5) is 0 Å². The first-order valence-corrected chi connectivity index (χ1v) is 28.7. The second kappa shape index (κ2) is 16.2. The van der Waals surface area contributed by atoms with Crippen LogP contribution in [0.15, 0.2) is 24.3 Å². The van der Waals surface area contributed by atoms with Crippen molar-refractivity contribution in [3.63, 3.8) is 0 Å². The van der Waals surface area contributed by atoms with E-state index < -0.39 is 44.0 Å². The molecule has 2 atom stereocenters. The zero-order chi connectivity index (χ0) is 29.2. The average Bonchev–Trinajstić information content (AvgIpc) is 2.92. The van der Waals surface area contributed by atoms with E-state index >= 15 is 0 Å². The molecular formula is C32H58O5Sn2. The summed E-state index contributed by atoms with van der Waals surface area (Å²) in [5.74, 6) is -0.557. The molecule has 5 nitrogen and oxygen atoms in total. The van der Waals surface area contributed by atoms with Crippen LogP contribution in [0.25, 0.3) is 0 Å². The summed E-state index contributed by atoms with van der Waals surface area (Å²) in [6, 6.07) is 0. The first-order valence-electron chi connectivity index (χ1n) is 16.0. The van der Waals surface area contributed by atoms with Gasteiger partial charge in [0.05, 0.1) is 0 Å². The fraction of sp³-hybridized carbons (Fsp3) is 0.812. The molecule has 224 valence electrons. The van der Waals surface area contributed by atoms with E-state index in [9.17, 15) is 9.59 Å². The van der Waals surface area contributed by atoms with Crippen molar-refractivity contribution in [3.8, 4) is 0 Å². The molecule has 0 aromatic heterocycles. The normalized spacial score (nSPS) is 26.2. The van der Waals surface area contributed by atoms with E-state index in [0.717, 1.165) is 69.1 Å². The second-order valence-corrected chi connectivity index (χ2v) is 34.2. The van der Waals surface area contributed by atoms with E-state index in [2.05, 4.69) is 40.9 Å². The third kappa shape index (κ3) is 9.14. The molecule has 0 aromatic rings. The summed E-state index contributed by atoms with van der Waals surface area (Å²) in [5.41, 5.74) is -0.830. The number of carbonyl (C=O) groups excluding carboxylic acids is 2. The Kier molecular flexibility index (Phi) is 14.8. The molecule has 0 saturated carbocycles. The third-order valence-corrected chi connectivity index (χ3v) is 42.2. The van der Waals surface area contributed by atoms with Crippen molar-refractivity contribution in [2.45, 2.75) is 160 Å². The Morgan fingerprint density at radius 2 is 1.15 bits per heavy atom. The van der Waals surface area contributed by atoms with Gasteiger partial charge in [0.15, 0.2) is 0 Å². The zero-order valence-electron chi connectivity index (χ0n) is 26.2. The Labute approximate surface area is 250 Å². The quantitative estimate of drug-likeness (QED) is 0.0793. The Bertz CT molecular complexity index is 821. The summed E-state index contributed by atoms with van der Waals surface area (Å²) < 4.78 is 26.2. The molecule has 2 rings (SSSR count). The van der Waals surface area contributed by atoms with Gasteiger partial charge in [-0.15, -0.1) is 0 Å². The summed E-state index contributed by atoms with van der Waals surface area (Å²) in [6.07, 6.45) is 14.7. The third-order valence-electron chi connectivity index (χ3n) is 8.71. The molecule has 0 aromatic carbocycles. The van der Waals surface area contributed by atoms with E-state index in [1.54, 1.807) is 13.8 Å². The SMILES string of the molecule is C=C(C)C(=O)C1(C(=O)C(=C)C)CC[CH2][Sn]([CH2]CCC)([O][Sn]2([CH2]CCC)[CH2]CCC(CCCC)(CCCC)[O]2)[O]1. The maximum atomic E-state index is 13.7. The van der Waals surface area contributed by atoms with Crippen LogP contribution in [0.2, 0.25) is 17.7 Å². The van der Waals surface area contributed by atoms with Gasteiger partial charge in [-0.1, -0.05) is 0 Å². The summed E-state index contributed by atoms with van der Waals surface area (Å²) in [6.45, 7) is 20.2. The van der Waals surface area contributed by atoms with Crippen molar-refractivity contribution >= 4 is 50.0 Å². The van der Waals surface area contributed by atoms with Gasteiger partial charge in [-0.3, -0.25) is 0 Å². The summed E-state index contributed by atoms with van der Waals surface area (Å²) in [4.78, 5) is 27.4. The van der Waals surface area contributed by atoms with Gasteiger partial charge in [-0.25, -0.2) is 0 Å². The van der Waals surface area contributed by atoms with Gasteiger partial charge in [0.1, 0.15) is 0 Å². The Morgan fingerprint density at radius 3 is 1.59 bits per heavy atom. The van der Waals surface area contributed by atoms with Crippen molar-refractivity contribution < 1.29 is 17.1 Å². The molecular weight excluding hydrogens is 702 g/mol. The predicted molar refractivity (Wildman–Crippen MR) is 166 cm³/mol. The first-order chi connectivity index (χ1) is 18.5. The van der Waals surface area contributed by atoms with Crippen LogP contribution >= 0.6 is 0 Å². The molecule has 0 amide bonds. The number of hydrogen-bond donors (Lipinski definition) is 0. The summed E-state index contributed by atoms with van der Waals surface area (Å²) in [7, 11) is 0. The van der Waals surface area contributed by atoms with Crippen molar-refractivity contribution in [3.05, 3.63) is 24.3 Å². The van der Waals surface area contributed by atoms with Crippen LogP contribution in [0.3, 0.4) is 0 Å². The molecule has 0 spiro atoms. The van der Waals surface area contributed by atoms with Gasteiger partial charge in [0.25, 0.3) is 0 Å². The van der Waals surface area contributed by atoms with Gasteiger partial charge in [-0.2, -0.15) is 0 Å². The minimum absolute atomic E-state index is 0.0707. The maximum absolute atomic E-state index is 13.7. The number of hydrogen-bond acceptors (Lipinski definition) is 5. The molecule has 2 heterocycles. The van der Waals surface area contributed by atoms with E-state index in [1.165, 1.54) is 32.1 Å². The number of Topliss-reactive ketones (excluding diaryl/α,β-unsaturated/α-hetero) is 2. The molecule has 0 N–H and O–H groups in total. The van der Waals surface area contributed by atoms with Crippen LogP contribution in [0, 0.1) is 0 Å². The monoisotopic (exact) mass is 762 g/mol. The van der Waals surface area contributed by atoms with Gasteiger partial charge in [-0.05, 0) is 0 Å². The number of ketones is 2. The summed E-state index contributed by atoms with van der Waals surface area (Å²) >= 11 is -7.58. The minimum atomic E-state index is -3.95. The number of unbranched alkanes of at least 4 members (excludes halogenated alkanes) is 4. The van der Waals surface area contributed by atoms with Gasteiger partial charge < -0.3 is 0 Å². The van der Waals surface area contributed by atoms with Crippen molar-refractivity contribution in [2.75, 3.05) is 0 Å². The standard InChI is InChI=1S/C12H16O3.C12H24O.2C4H9.O.2Sn/c1-6-7-12(15,10(13)8(2)3)11(14)9(4)5;1-4-7-10-12(13,9-6-3)11-8-5-2;2*1-3-4-2;;;/h1-2,4,6-7H2,3,5H3;3-11H2,1-2H3;2*1,3-4H2,2H3;;;/q2*-1;;;;2*+1. The van der Waals surface area contributed by atoms with Gasteiger partial charge in [0, 0.05) is 0 Å². The van der Waals surface area contributed by atoms with Gasteiger partial charge in [0.2, 0.25) is 0 Å². The van der Waals surface area contributed by atoms with E-state index in [-0.39, 0.29) is 17.2 Å². The average molecular weight is 760 g/mol. The molecule has 2 unspecified atom stereocenters. The summed E-state index contributed by atoms with van der Waals surface area (Å²) in [5, 5.41) is 0.